The van der Waals surface area contributed by atoms with E-state index in [0.29, 0.717) is 12.8 Å². The number of anilines is 1. The Bertz CT molecular complexity index is 977. The molecule has 1 aromatic carbocycles. The maximum absolute atomic E-state index is 12.8. The quantitative estimate of drug-likeness (QED) is 0.763. The largest absolute Gasteiger partial charge is 0.325 e. The number of nitrogens with zero attached hydrogens (tertiary/aromatic N) is 2. The summed E-state index contributed by atoms with van der Waals surface area (Å²) in [5.41, 5.74) is 4.04. The molecule has 1 aliphatic heterocycles. The second-order valence-electron chi connectivity index (χ2n) is 7.23. The van der Waals surface area contributed by atoms with Crippen LogP contribution in [0.3, 0.4) is 0 Å². The number of hydrogen-bond acceptors (Lipinski definition) is 4. The molecule has 8 heteroatoms. The SMILES string of the molecule is Cc1cc(C)c(NC(=O)C2CCN(S(=O)(=O)c3cccnc3Cl)CC2)c(C)c1. The molecule has 150 valence electrons. The van der Waals surface area contributed by atoms with Gasteiger partial charge in [-0.3, -0.25) is 4.79 Å². The van der Waals surface area contributed by atoms with Gasteiger partial charge in [0.2, 0.25) is 15.9 Å². The zero-order valence-electron chi connectivity index (χ0n) is 16.2. The van der Waals surface area contributed by atoms with Crippen LogP contribution in [-0.4, -0.2) is 36.7 Å². The number of aromatic nitrogens is 1. The van der Waals surface area contributed by atoms with Gasteiger partial charge < -0.3 is 5.32 Å². The molecule has 1 fully saturated rings. The Kier molecular flexibility index (Phi) is 6.07. The number of piperidine rings is 1. The third kappa shape index (κ3) is 4.21. The molecule has 0 spiro atoms. The molecule has 1 amide bonds. The minimum absolute atomic E-state index is 0.00507. The molecule has 1 saturated heterocycles. The molecule has 6 nitrogen and oxygen atoms in total. The Morgan fingerprint density at radius 1 is 1.18 bits per heavy atom. The minimum Gasteiger partial charge on any atom is -0.325 e. The van der Waals surface area contributed by atoms with Crippen LogP contribution in [-0.2, 0) is 14.8 Å². The van der Waals surface area contributed by atoms with Gasteiger partial charge in [-0.05, 0) is 56.9 Å². The minimum atomic E-state index is -3.71. The zero-order chi connectivity index (χ0) is 20.5. The number of nitrogens with one attached hydrogen (secondary N) is 1. The molecule has 2 heterocycles. The monoisotopic (exact) mass is 421 g/mol. The van der Waals surface area contributed by atoms with Crippen molar-refractivity contribution in [3.8, 4) is 0 Å². The molecule has 1 aromatic heterocycles. The smallest absolute Gasteiger partial charge is 0.246 e. The molecule has 0 radical (unpaired) electrons. The van der Waals surface area contributed by atoms with Gasteiger partial charge in [-0.1, -0.05) is 29.3 Å². The van der Waals surface area contributed by atoms with Gasteiger partial charge in [-0.15, -0.1) is 0 Å². The average Bonchev–Trinajstić information content (AvgIpc) is 2.64. The Balaban J connectivity index is 1.67. The van der Waals surface area contributed by atoms with Crippen LogP contribution in [0.4, 0.5) is 5.69 Å². The number of aryl methyl sites for hydroxylation is 3. The first kappa shape index (κ1) is 20.8. The van der Waals surface area contributed by atoms with Crippen LogP contribution < -0.4 is 5.32 Å². The lowest BCUT2D eigenvalue weighted by molar-refractivity contribution is -0.120. The van der Waals surface area contributed by atoms with Crippen molar-refractivity contribution in [2.24, 2.45) is 5.92 Å². The fourth-order valence-corrected chi connectivity index (χ4v) is 5.56. The molecule has 0 unspecified atom stereocenters. The second kappa shape index (κ2) is 8.19. The highest BCUT2D eigenvalue weighted by Crippen LogP contribution is 2.28. The van der Waals surface area contributed by atoms with Crippen LogP contribution >= 0.6 is 11.6 Å². The molecule has 2 aromatic rings. The van der Waals surface area contributed by atoms with Crippen LogP contribution in [0, 0.1) is 26.7 Å². The van der Waals surface area contributed by atoms with Gasteiger partial charge in [0.25, 0.3) is 0 Å². The predicted molar refractivity (Wildman–Crippen MR) is 110 cm³/mol. The summed E-state index contributed by atoms with van der Waals surface area (Å²) in [7, 11) is -3.71. The van der Waals surface area contributed by atoms with Crippen molar-refractivity contribution >= 4 is 33.2 Å². The van der Waals surface area contributed by atoms with Crippen LogP contribution in [0.1, 0.15) is 29.5 Å². The van der Waals surface area contributed by atoms with E-state index in [9.17, 15) is 13.2 Å². The van der Waals surface area contributed by atoms with Crippen LogP contribution in [0.2, 0.25) is 5.15 Å². The number of rotatable bonds is 4. The Morgan fingerprint density at radius 2 is 1.79 bits per heavy atom. The first-order valence-corrected chi connectivity index (χ1v) is 11.0. The number of carbonyl (C=O) groups is 1. The molecule has 0 saturated carbocycles. The summed E-state index contributed by atoms with van der Waals surface area (Å²) in [5.74, 6) is -0.289. The summed E-state index contributed by atoms with van der Waals surface area (Å²) in [6.07, 6.45) is 2.38. The number of halogens is 1. The van der Waals surface area contributed by atoms with E-state index in [-0.39, 0.29) is 35.0 Å². The number of sulfonamides is 1. The summed E-state index contributed by atoms with van der Waals surface area (Å²) in [6, 6.07) is 7.07. The molecule has 3 rings (SSSR count). The third-order valence-electron chi connectivity index (χ3n) is 5.09. The van der Waals surface area contributed by atoms with Crippen LogP contribution in [0.15, 0.2) is 35.4 Å². The van der Waals surface area contributed by atoms with E-state index in [1.54, 1.807) is 6.07 Å². The fourth-order valence-electron chi connectivity index (χ4n) is 3.66. The fraction of sp³-hybridized carbons (Fsp3) is 0.400. The van der Waals surface area contributed by atoms with Gasteiger partial charge >= 0.3 is 0 Å². The van der Waals surface area contributed by atoms with Gasteiger partial charge in [0, 0.05) is 30.9 Å². The van der Waals surface area contributed by atoms with Gasteiger partial charge in [-0.25, -0.2) is 13.4 Å². The van der Waals surface area contributed by atoms with E-state index in [0.717, 1.165) is 22.4 Å². The molecule has 1 aliphatic rings. The first-order valence-electron chi connectivity index (χ1n) is 9.19. The predicted octanol–water partition coefficient (Wildman–Crippen LogP) is 3.70. The van der Waals surface area contributed by atoms with Crippen molar-refractivity contribution in [2.45, 2.75) is 38.5 Å². The number of pyridine rings is 1. The summed E-state index contributed by atoms with van der Waals surface area (Å²) in [6.45, 7) is 6.52. The highest BCUT2D eigenvalue weighted by Gasteiger charge is 2.33. The van der Waals surface area contributed by atoms with Crippen molar-refractivity contribution in [1.29, 1.82) is 0 Å². The van der Waals surface area contributed by atoms with Gasteiger partial charge in [-0.2, -0.15) is 4.31 Å². The van der Waals surface area contributed by atoms with Crippen LogP contribution in [0.5, 0.6) is 0 Å². The zero-order valence-corrected chi connectivity index (χ0v) is 17.8. The lowest BCUT2D eigenvalue weighted by atomic mass is 9.96. The van der Waals surface area contributed by atoms with E-state index >= 15 is 0 Å². The molecule has 0 bridgehead atoms. The Labute approximate surface area is 171 Å². The van der Waals surface area contributed by atoms with Crippen molar-refractivity contribution in [2.75, 3.05) is 18.4 Å². The number of carbonyl (C=O) groups excluding carboxylic acids is 1. The topological polar surface area (TPSA) is 79.4 Å². The van der Waals surface area contributed by atoms with Crippen molar-refractivity contribution in [1.82, 2.24) is 9.29 Å². The molecule has 28 heavy (non-hydrogen) atoms. The summed E-state index contributed by atoms with van der Waals surface area (Å²) in [4.78, 5) is 16.6. The van der Waals surface area contributed by atoms with Gasteiger partial charge in [0.15, 0.2) is 0 Å². The molecule has 0 aliphatic carbocycles. The Morgan fingerprint density at radius 3 is 2.36 bits per heavy atom. The summed E-state index contributed by atoms with van der Waals surface area (Å²) >= 11 is 5.96. The molecular formula is C20H24ClN3O3S. The number of benzene rings is 1. The van der Waals surface area contributed by atoms with E-state index in [4.69, 9.17) is 11.6 Å². The average molecular weight is 422 g/mol. The number of amides is 1. The van der Waals surface area contributed by atoms with Gasteiger partial charge in [0.05, 0.1) is 0 Å². The van der Waals surface area contributed by atoms with Crippen molar-refractivity contribution < 1.29 is 13.2 Å². The Hall–Kier alpha value is -1.96. The molecule has 0 atom stereocenters. The third-order valence-corrected chi connectivity index (χ3v) is 7.44. The summed E-state index contributed by atoms with van der Waals surface area (Å²) in [5, 5.41) is 3.00. The lowest BCUT2D eigenvalue weighted by Crippen LogP contribution is -2.41. The van der Waals surface area contributed by atoms with E-state index in [2.05, 4.69) is 10.3 Å². The highest BCUT2D eigenvalue weighted by atomic mass is 35.5. The van der Waals surface area contributed by atoms with E-state index in [1.807, 2.05) is 32.9 Å². The molecule has 1 N–H and O–H groups in total. The molecular weight excluding hydrogens is 398 g/mol. The standard InChI is InChI=1S/C20H24ClN3O3S/c1-13-11-14(2)18(15(3)12-13)23-20(25)16-6-9-24(10-7-16)28(26,27)17-5-4-8-22-19(17)21/h4-5,8,11-12,16H,6-7,9-10H2,1-3H3,(H,23,25). The maximum atomic E-state index is 12.8. The normalized spacial score (nSPS) is 16.1. The van der Waals surface area contributed by atoms with Gasteiger partial charge in [0.1, 0.15) is 10.0 Å². The van der Waals surface area contributed by atoms with E-state index in [1.165, 1.54) is 16.6 Å². The number of hydrogen-bond donors (Lipinski definition) is 1. The van der Waals surface area contributed by atoms with E-state index < -0.39 is 10.0 Å². The summed E-state index contributed by atoms with van der Waals surface area (Å²) < 4.78 is 27.0. The maximum Gasteiger partial charge on any atom is 0.246 e. The van der Waals surface area contributed by atoms with Crippen LogP contribution in [0.25, 0.3) is 0 Å². The van der Waals surface area contributed by atoms with Crippen molar-refractivity contribution in [3.63, 3.8) is 0 Å². The highest BCUT2D eigenvalue weighted by molar-refractivity contribution is 7.89. The van der Waals surface area contributed by atoms with Crippen molar-refractivity contribution in [3.05, 3.63) is 52.3 Å². The first-order chi connectivity index (χ1) is 13.2. The second-order valence-corrected chi connectivity index (χ2v) is 9.50. The lowest BCUT2D eigenvalue weighted by Gasteiger charge is -2.30.